The van der Waals surface area contributed by atoms with E-state index in [-0.39, 0.29) is 18.9 Å². The zero-order valence-electron chi connectivity index (χ0n) is 7.99. The van der Waals surface area contributed by atoms with Gasteiger partial charge < -0.3 is 10.1 Å². The fourth-order valence-electron chi connectivity index (χ4n) is 0.562. The summed E-state index contributed by atoms with van der Waals surface area (Å²) in [6.07, 6.45) is -0.439. The average molecular weight is 190 g/mol. The number of hydrogen-bond donors (Lipinski definition) is 1. The van der Waals surface area contributed by atoms with Gasteiger partial charge in [0.2, 0.25) is 5.91 Å². The van der Waals surface area contributed by atoms with E-state index in [2.05, 4.69) is 14.9 Å². The minimum Gasteiger partial charge on any atom is -0.449 e. The van der Waals surface area contributed by atoms with Gasteiger partial charge in [0.1, 0.15) is 6.61 Å². The van der Waals surface area contributed by atoms with Crippen molar-refractivity contribution in [3.05, 3.63) is 0 Å². The second-order valence-electron chi connectivity index (χ2n) is 2.21. The van der Waals surface area contributed by atoms with Crippen molar-refractivity contribution in [2.24, 2.45) is 0 Å². The van der Waals surface area contributed by atoms with Crippen LogP contribution in [0.4, 0.5) is 4.79 Å². The monoisotopic (exact) mass is 190 g/mol. The number of hydroxylamine groups is 2. The van der Waals surface area contributed by atoms with E-state index in [1.54, 1.807) is 0 Å². The lowest BCUT2D eigenvalue weighted by molar-refractivity contribution is -0.169. The van der Waals surface area contributed by atoms with Crippen molar-refractivity contribution in [2.45, 2.75) is 6.42 Å². The van der Waals surface area contributed by atoms with Gasteiger partial charge in [-0.25, -0.2) is 9.86 Å². The van der Waals surface area contributed by atoms with Crippen molar-refractivity contribution in [3.63, 3.8) is 0 Å². The number of rotatable bonds is 4. The molecule has 0 saturated heterocycles. The first-order chi connectivity index (χ1) is 6.11. The van der Waals surface area contributed by atoms with Crippen molar-refractivity contribution < 1.29 is 19.2 Å². The predicted molar refractivity (Wildman–Crippen MR) is 44.8 cm³/mol. The third-order valence-corrected chi connectivity index (χ3v) is 1.38. The second-order valence-corrected chi connectivity index (χ2v) is 2.21. The molecule has 0 saturated carbocycles. The molecule has 0 atom stereocenters. The number of alkyl carbamates (subject to hydrolysis) is 1. The summed E-state index contributed by atoms with van der Waals surface area (Å²) in [5, 5.41) is 3.34. The van der Waals surface area contributed by atoms with Crippen molar-refractivity contribution >= 4 is 12.0 Å². The summed E-state index contributed by atoms with van der Waals surface area (Å²) in [4.78, 5) is 26.2. The zero-order valence-corrected chi connectivity index (χ0v) is 7.99. The van der Waals surface area contributed by atoms with E-state index in [1.165, 1.54) is 21.2 Å². The maximum absolute atomic E-state index is 11.0. The Kier molecular flexibility index (Phi) is 5.62. The van der Waals surface area contributed by atoms with Crippen LogP contribution in [0, 0.1) is 0 Å². The highest BCUT2D eigenvalue weighted by Crippen LogP contribution is 1.91. The summed E-state index contributed by atoms with van der Waals surface area (Å²) in [6.45, 7) is 0.0478. The van der Waals surface area contributed by atoms with Gasteiger partial charge in [0.25, 0.3) is 0 Å². The fourth-order valence-corrected chi connectivity index (χ4v) is 0.562. The smallest absolute Gasteiger partial charge is 0.406 e. The molecule has 0 aliphatic carbocycles. The summed E-state index contributed by atoms with van der Waals surface area (Å²) in [6, 6.07) is 0. The SMILES string of the molecule is CNC(=O)OCCC(=O)N(C)OC. The lowest BCUT2D eigenvalue weighted by Gasteiger charge is -2.13. The van der Waals surface area contributed by atoms with Gasteiger partial charge in [-0.05, 0) is 0 Å². The minimum atomic E-state index is -0.548. The van der Waals surface area contributed by atoms with Crippen LogP contribution in [0.3, 0.4) is 0 Å². The number of nitrogens with zero attached hydrogens (tertiary/aromatic N) is 1. The van der Waals surface area contributed by atoms with Crippen LogP contribution in [0.15, 0.2) is 0 Å². The van der Waals surface area contributed by atoms with Crippen LogP contribution in [-0.4, -0.2) is 44.9 Å². The molecule has 0 aliphatic heterocycles. The van der Waals surface area contributed by atoms with Gasteiger partial charge in [0, 0.05) is 14.1 Å². The van der Waals surface area contributed by atoms with Gasteiger partial charge >= 0.3 is 6.09 Å². The van der Waals surface area contributed by atoms with E-state index in [0.717, 1.165) is 5.06 Å². The molecule has 13 heavy (non-hydrogen) atoms. The van der Waals surface area contributed by atoms with Gasteiger partial charge in [0.15, 0.2) is 0 Å². The van der Waals surface area contributed by atoms with Crippen LogP contribution in [0.5, 0.6) is 0 Å². The molecule has 0 aromatic carbocycles. The van der Waals surface area contributed by atoms with Crippen molar-refractivity contribution in [2.75, 3.05) is 27.8 Å². The first kappa shape index (κ1) is 11.7. The number of ether oxygens (including phenoxy) is 1. The Morgan fingerprint density at radius 1 is 1.46 bits per heavy atom. The summed E-state index contributed by atoms with van der Waals surface area (Å²) >= 11 is 0. The van der Waals surface area contributed by atoms with Crippen LogP contribution in [-0.2, 0) is 14.4 Å². The van der Waals surface area contributed by atoms with Gasteiger partial charge in [0.05, 0.1) is 13.5 Å². The molecular weight excluding hydrogens is 176 g/mol. The molecule has 0 aliphatic rings. The highest BCUT2D eigenvalue weighted by atomic mass is 16.7. The van der Waals surface area contributed by atoms with Crippen LogP contribution in [0.1, 0.15) is 6.42 Å². The molecule has 0 heterocycles. The highest BCUT2D eigenvalue weighted by molar-refractivity contribution is 5.75. The second kappa shape index (κ2) is 6.24. The third kappa shape index (κ3) is 5.02. The first-order valence-corrected chi connectivity index (χ1v) is 3.77. The highest BCUT2D eigenvalue weighted by Gasteiger charge is 2.08. The van der Waals surface area contributed by atoms with Crippen molar-refractivity contribution in [3.8, 4) is 0 Å². The number of nitrogens with one attached hydrogen (secondary N) is 1. The topological polar surface area (TPSA) is 67.9 Å². The Labute approximate surface area is 76.7 Å². The summed E-state index contributed by atoms with van der Waals surface area (Å²) in [5.41, 5.74) is 0. The molecular formula is C7H14N2O4. The molecule has 0 unspecified atom stereocenters. The van der Waals surface area contributed by atoms with E-state index in [0.29, 0.717) is 0 Å². The van der Waals surface area contributed by atoms with E-state index in [9.17, 15) is 9.59 Å². The summed E-state index contributed by atoms with van der Waals surface area (Å²) in [5.74, 6) is -0.244. The zero-order chi connectivity index (χ0) is 10.3. The van der Waals surface area contributed by atoms with Crippen molar-refractivity contribution in [1.82, 2.24) is 10.4 Å². The van der Waals surface area contributed by atoms with Gasteiger partial charge in [-0.2, -0.15) is 0 Å². The molecule has 2 amide bonds. The van der Waals surface area contributed by atoms with Gasteiger partial charge in [-0.15, -0.1) is 0 Å². The molecule has 0 bridgehead atoms. The van der Waals surface area contributed by atoms with Crippen LogP contribution >= 0.6 is 0 Å². The Morgan fingerprint density at radius 3 is 2.54 bits per heavy atom. The van der Waals surface area contributed by atoms with Gasteiger partial charge in [-0.1, -0.05) is 0 Å². The summed E-state index contributed by atoms with van der Waals surface area (Å²) in [7, 11) is 4.32. The number of carbonyl (C=O) groups is 2. The lowest BCUT2D eigenvalue weighted by Crippen LogP contribution is -2.27. The Balaban J connectivity index is 3.53. The largest absolute Gasteiger partial charge is 0.449 e. The molecule has 0 radical (unpaired) electrons. The normalized spacial score (nSPS) is 9.15. The number of carbonyl (C=O) groups excluding carboxylic acids is 2. The predicted octanol–water partition coefficient (Wildman–Crippen LogP) is -0.248. The first-order valence-electron chi connectivity index (χ1n) is 3.77. The Hall–Kier alpha value is -1.30. The fraction of sp³-hybridized carbons (Fsp3) is 0.714. The maximum Gasteiger partial charge on any atom is 0.406 e. The van der Waals surface area contributed by atoms with E-state index in [1.807, 2.05) is 0 Å². The number of hydrogen-bond acceptors (Lipinski definition) is 4. The molecule has 6 heteroatoms. The maximum atomic E-state index is 11.0. The molecule has 0 fully saturated rings. The Bertz CT molecular complexity index is 183. The van der Waals surface area contributed by atoms with Crippen LogP contribution < -0.4 is 5.32 Å². The van der Waals surface area contributed by atoms with E-state index >= 15 is 0 Å². The molecule has 0 spiro atoms. The van der Waals surface area contributed by atoms with Gasteiger partial charge in [-0.3, -0.25) is 9.63 Å². The van der Waals surface area contributed by atoms with Crippen molar-refractivity contribution in [1.29, 1.82) is 0 Å². The van der Waals surface area contributed by atoms with Crippen LogP contribution in [0.25, 0.3) is 0 Å². The molecule has 0 aromatic heterocycles. The number of amides is 2. The molecule has 0 aromatic rings. The Morgan fingerprint density at radius 2 is 2.08 bits per heavy atom. The average Bonchev–Trinajstić information content (AvgIpc) is 2.15. The van der Waals surface area contributed by atoms with Crippen LogP contribution in [0.2, 0.25) is 0 Å². The molecule has 76 valence electrons. The van der Waals surface area contributed by atoms with E-state index in [4.69, 9.17) is 0 Å². The molecule has 1 N–H and O–H groups in total. The lowest BCUT2D eigenvalue weighted by atomic mass is 10.4. The third-order valence-electron chi connectivity index (χ3n) is 1.38. The minimum absolute atomic E-state index is 0.0478. The molecule has 0 rings (SSSR count). The molecule has 6 nitrogen and oxygen atoms in total. The van der Waals surface area contributed by atoms with E-state index < -0.39 is 6.09 Å². The standard InChI is InChI=1S/C7H14N2O4/c1-8-7(11)13-5-4-6(10)9(2)12-3/h4-5H2,1-3H3,(H,8,11). The summed E-state index contributed by atoms with van der Waals surface area (Å²) < 4.78 is 4.60. The quantitative estimate of drug-likeness (QED) is 0.621.